The zero-order chi connectivity index (χ0) is 18.6. The molecule has 0 aliphatic heterocycles. The number of benzene rings is 1. The Bertz CT molecular complexity index is 645. The fraction of sp³-hybridized carbons (Fsp3) is 0.500. The molecule has 0 radical (unpaired) electrons. The standard InChI is InChI=1S/C18H23FN2O4/c1-10(2)15(21-16(22)11-3-6-13(19)7-4-11)17(23)20-14-8-5-12(9-14)18(24)25/h3-4,6-7,10,12,14-15H,5,8-9H2,1-2H3,(H,20,23)(H,21,22)(H,24,25)/t12-,14+,15?/m0/s1. The number of carbonyl (C=O) groups is 3. The molecule has 3 N–H and O–H groups in total. The van der Waals surface area contributed by atoms with Crippen molar-refractivity contribution in [3.8, 4) is 0 Å². The van der Waals surface area contributed by atoms with Crippen LogP contribution in [0.4, 0.5) is 4.39 Å². The van der Waals surface area contributed by atoms with Gasteiger partial charge in [-0.25, -0.2) is 4.39 Å². The highest BCUT2D eigenvalue weighted by molar-refractivity contribution is 5.97. The van der Waals surface area contributed by atoms with Crippen LogP contribution in [0.1, 0.15) is 43.5 Å². The first-order valence-corrected chi connectivity index (χ1v) is 8.37. The average molecular weight is 350 g/mol. The lowest BCUT2D eigenvalue weighted by Gasteiger charge is -2.24. The van der Waals surface area contributed by atoms with E-state index in [1.165, 1.54) is 24.3 Å². The minimum absolute atomic E-state index is 0.152. The maximum atomic E-state index is 12.9. The van der Waals surface area contributed by atoms with Crippen LogP contribution in [0.3, 0.4) is 0 Å². The fourth-order valence-corrected chi connectivity index (χ4v) is 2.99. The van der Waals surface area contributed by atoms with Gasteiger partial charge in [0.05, 0.1) is 5.92 Å². The van der Waals surface area contributed by atoms with Gasteiger partial charge in [0.15, 0.2) is 0 Å². The van der Waals surface area contributed by atoms with E-state index in [0.29, 0.717) is 19.3 Å². The Hall–Kier alpha value is -2.44. The summed E-state index contributed by atoms with van der Waals surface area (Å²) in [5.41, 5.74) is 0.270. The molecule has 7 heteroatoms. The summed E-state index contributed by atoms with van der Waals surface area (Å²) < 4.78 is 12.9. The van der Waals surface area contributed by atoms with Crippen molar-refractivity contribution in [3.05, 3.63) is 35.6 Å². The lowest BCUT2D eigenvalue weighted by Crippen LogP contribution is -2.51. The molecular weight excluding hydrogens is 327 g/mol. The van der Waals surface area contributed by atoms with Gasteiger partial charge in [0.1, 0.15) is 11.9 Å². The van der Waals surface area contributed by atoms with Gasteiger partial charge < -0.3 is 15.7 Å². The summed E-state index contributed by atoms with van der Waals surface area (Å²) in [7, 11) is 0. The van der Waals surface area contributed by atoms with Crippen molar-refractivity contribution in [2.24, 2.45) is 11.8 Å². The molecule has 2 amide bonds. The topological polar surface area (TPSA) is 95.5 Å². The van der Waals surface area contributed by atoms with Gasteiger partial charge in [-0.1, -0.05) is 13.8 Å². The molecule has 0 bridgehead atoms. The van der Waals surface area contributed by atoms with E-state index in [9.17, 15) is 18.8 Å². The molecule has 3 atom stereocenters. The van der Waals surface area contributed by atoms with E-state index in [1.807, 2.05) is 13.8 Å². The van der Waals surface area contributed by atoms with Crippen LogP contribution in [0, 0.1) is 17.7 Å². The molecule has 2 rings (SSSR count). The minimum atomic E-state index is -0.846. The van der Waals surface area contributed by atoms with Crippen molar-refractivity contribution in [2.75, 3.05) is 0 Å². The maximum Gasteiger partial charge on any atom is 0.306 e. The van der Waals surface area contributed by atoms with Gasteiger partial charge >= 0.3 is 5.97 Å². The molecule has 1 aliphatic rings. The van der Waals surface area contributed by atoms with Gasteiger partial charge in [0.2, 0.25) is 5.91 Å². The van der Waals surface area contributed by atoms with Crippen molar-refractivity contribution in [2.45, 2.75) is 45.2 Å². The van der Waals surface area contributed by atoms with Crippen LogP contribution in [0.2, 0.25) is 0 Å². The quantitative estimate of drug-likeness (QED) is 0.731. The maximum absolute atomic E-state index is 12.9. The molecule has 0 saturated heterocycles. The van der Waals surface area contributed by atoms with Crippen LogP contribution >= 0.6 is 0 Å². The molecule has 136 valence electrons. The van der Waals surface area contributed by atoms with Crippen LogP contribution in [0.5, 0.6) is 0 Å². The molecule has 0 spiro atoms. The van der Waals surface area contributed by atoms with E-state index < -0.39 is 29.7 Å². The third-order valence-corrected chi connectivity index (χ3v) is 4.47. The van der Waals surface area contributed by atoms with Crippen molar-refractivity contribution in [1.82, 2.24) is 10.6 Å². The minimum Gasteiger partial charge on any atom is -0.481 e. The first-order chi connectivity index (χ1) is 11.8. The van der Waals surface area contributed by atoms with Gasteiger partial charge in [-0.3, -0.25) is 14.4 Å². The van der Waals surface area contributed by atoms with Crippen molar-refractivity contribution < 1.29 is 23.9 Å². The zero-order valence-corrected chi connectivity index (χ0v) is 14.3. The number of carboxylic acids is 1. The van der Waals surface area contributed by atoms with Crippen molar-refractivity contribution in [1.29, 1.82) is 0 Å². The Morgan fingerprint density at radius 1 is 1.16 bits per heavy atom. The van der Waals surface area contributed by atoms with E-state index in [4.69, 9.17) is 5.11 Å². The first-order valence-electron chi connectivity index (χ1n) is 8.37. The molecule has 1 saturated carbocycles. The van der Waals surface area contributed by atoms with Gasteiger partial charge in [-0.2, -0.15) is 0 Å². The van der Waals surface area contributed by atoms with Crippen LogP contribution in [-0.4, -0.2) is 35.0 Å². The number of hydrogen-bond donors (Lipinski definition) is 3. The van der Waals surface area contributed by atoms with Gasteiger partial charge in [-0.15, -0.1) is 0 Å². The number of amides is 2. The Labute approximate surface area is 145 Å². The van der Waals surface area contributed by atoms with E-state index in [-0.39, 0.29) is 23.4 Å². The highest BCUT2D eigenvalue weighted by Crippen LogP contribution is 2.25. The summed E-state index contributed by atoms with van der Waals surface area (Å²) in [4.78, 5) is 35.8. The molecule has 6 nitrogen and oxygen atoms in total. The molecule has 25 heavy (non-hydrogen) atoms. The monoisotopic (exact) mass is 350 g/mol. The predicted octanol–water partition coefficient (Wildman–Crippen LogP) is 1.95. The SMILES string of the molecule is CC(C)C(NC(=O)c1ccc(F)cc1)C(=O)N[C@@H]1CC[C@H](C(=O)O)C1. The number of nitrogens with one attached hydrogen (secondary N) is 2. The lowest BCUT2D eigenvalue weighted by molar-refractivity contribution is -0.141. The summed E-state index contributed by atoms with van der Waals surface area (Å²) in [5.74, 6) is -2.66. The van der Waals surface area contributed by atoms with Gasteiger partial charge in [0.25, 0.3) is 5.91 Å². The molecule has 1 unspecified atom stereocenters. The van der Waals surface area contributed by atoms with E-state index in [2.05, 4.69) is 10.6 Å². The smallest absolute Gasteiger partial charge is 0.306 e. The normalized spacial score (nSPS) is 21.0. The number of rotatable bonds is 6. The number of hydrogen-bond acceptors (Lipinski definition) is 3. The third kappa shape index (κ3) is 5.01. The van der Waals surface area contributed by atoms with Gasteiger partial charge in [-0.05, 0) is 49.4 Å². The number of carboxylic acid groups (broad SMARTS) is 1. The molecular formula is C18H23FN2O4. The molecule has 1 aliphatic carbocycles. The number of halogens is 1. The summed E-state index contributed by atoms with van der Waals surface area (Å²) in [5, 5.41) is 14.5. The van der Waals surface area contributed by atoms with Crippen molar-refractivity contribution in [3.63, 3.8) is 0 Å². The molecule has 1 fully saturated rings. The van der Waals surface area contributed by atoms with E-state index >= 15 is 0 Å². The second-order valence-corrected chi connectivity index (χ2v) is 6.76. The summed E-state index contributed by atoms with van der Waals surface area (Å²) in [6, 6.07) is 4.13. The van der Waals surface area contributed by atoms with Crippen LogP contribution < -0.4 is 10.6 Å². The van der Waals surface area contributed by atoms with E-state index in [0.717, 1.165) is 0 Å². The third-order valence-electron chi connectivity index (χ3n) is 4.47. The fourth-order valence-electron chi connectivity index (χ4n) is 2.99. The largest absolute Gasteiger partial charge is 0.481 e. The number of carbonyl (C=O) groups excluding carboxylic acids is 2. The summed E-state index contributed by atoms with van der Waals surface area (Å²) in [6.07, 6.45) is 1.55. The Balaban J connectivity index is 1.97. The van der Waals surface area contributed by atoms with Crippen LogP contribution in [0.25, 0.3) is 0 Å². The molecule has 0 aromatic heterocycles. The highest BCUT2D eigenvalue weighted by atomic mass is 19.1. The predicted molar refractivity (Wildman–Crippen MR) is 89.4 cm³/mol. The molecule has 1 aromatic rings. The summed E-state index contributed by atoms with van der Waals surface area (Å²) in [6.45, 7) is 3.62. The van der Waals surface area contributed by atoms with Gasteiger partial charge in [0, 0.05) is 11.6 Å². The van der Waals surface area contributed by atoms with Crippen LogP contribution in [-0.2, 0) is 9.59 Å². The second-order valence-electron chi connectivity index (χ2n) is 6.76. The zero-order valence-electron chi connectivity index (χ0n) is 14.3. The second kappa shape index (κ2) is 8.09. The van der Waals surface area contributed by atoms with E-state index in [1.54, 1.807) is 0 Å². The Morgan fingerprint density at radius 3 is 2.32 bits per heavy atom. The first kappa shape index (κ1) is 18.9. The molecule has 1 aromatic carbocycles. The highest BCUT2D eigenvalue weighted by Gasteiger charge is 2.33. The summed E-state index contributed by atoms with van der Waals surface area (Å²) >= 11 is 0. The Kier molecular flexibility index (Phi) is 6.12. The molecule has 0 heterocycles. The number of aliphatic carboxylic acids is 1. The van der Waals surface area contributed by atoms with Crippen molar-refractivity contribution >= 4 is 17.8 Å². The lowest BCUT2D eigenvalue weighted by atomic mass is 10.0. The van der Waals surface area contributed by atoms with Crippen LogP contribution in [0.15, 0.2) is 24.3 Å². The average Bonchev–Trinajstić information content (AvgIpc) is 3.01. The Morgan fingerprint density at radius 2 is 1.80 bits per heavy atom.